The van der Waals surface area contributed by atoms with Crippen LogP contribution in [0.2, 0.25) is 0 Å². The normalized spacial score (nSPS) is 17.7. The highest BCUT2D eigenvalue weighted by Gasteiger charge is 2.48. The standard InChI is InChI=1S/C35H31NO4S2/c1-40-34(37)33-24-31(25-36(33)42(38,39)32-22-21-26-13-11-12-14-27(26)23-32)41-35(28-15-5-2-6-16-28,29-17-7-3-8-18-29)30-19-9-4-10-20-30/h2-23,31,33H,24-25H2,1H3. The second-order valence-corrected chi connectivity index (χ2v) is 13.8. The molecule has 1 saturated heterocycles. The van der Waals surface area contributed by atoms with Crippen LogP contribution in [0.5, 0.6) is 0 Å². The molecule has 5 aromatic carbocycles. The van der Waals surface area contributed by atoms with Crippen LogP contribution in [0, 0.1) is 0 Å². The van der Waals surface area contributed by atoms with Gasteiger partial charge >= 0.3 is 5.97 Å². The lowest BCUT2D eigenvalue weighted by Gasteiger charge is -2.37. The highest BCUT2D eigenvalue weighted by Crippen LogP contribution is 2.52. The first-order chi connectivity index (χ1) is 20.4. The van der Waals surface area contributed by atoms with E-state index in [9.17, 15) is 13.2 Å². The Balaban J connectivity index is 1.44. The number of ether oxygens (including phenoxy) is 1. The summed E-state index contributed by atoms with van der Waals surface area (Å²) in [7, 11) is -2.69. The fourth-order valence-corrected chi connectivity index (χ4v) is 9.50. The van der Waals surface area contributed by atoms with Crippen LogP contribution in [0.1, 0.15) is 23.1 Å². The van der Waals surface area contributed by atoms with E-state index in [-0.39, 0.29) is 16.7 Å². The number of hydrogen-bond donors (Lipinski definition) is 0. The van der Waals surface area contributed by atoms with Crippen molar-refractivity contribution in [2.75, 3.05) is 13.7 Å². The maximum atomic E-state index is 14.1. The second kappa shape index (κ2) is 11.8. The van der Waals surface area contributed by atoms with Gasteiger partial charge in [-0.05, 0) is 46.0 Å². The van der Waals surface area contributed by atoms with Crippen molar-refractivity contribution >= 4 is 38.5 Å². The maximum Gasteiger partial charge on any atom is 0.324 e. The first kappa shape index (κ1) is 28.2. The van der Waals surface area contributed by atoms with Crippen molar-refractivity contribution in [2.24, 2.45) is 0 Å². The summed E-state index contributed by atoms with van der Waals surface area (Å²) in [5, 5.41) is 1.58. The van der Waals surface area contributed by atoms with E-state index in [1.807, 2.05) is 84.9 Å². The minimum Gasteiger partial charge on any atom is -0.468 e. The first-order valence-electron chi connectivity index (χ1n) is 13.9. The van der Waals surface area contributed by atoms with Crippen LogP contribution < -0.4 is 0 Å². The average Bonchev–Trinajstić information content (AvgIpc) is 3.49. The first-order valence-corrected chi connectivity index (χ1v) is 16.2. The zero-order valence-corrected chi connectivity index (χ0v) is 24.8. The molecule has 1 aliphatic rings. The van der Waals surface area contributed by atoms with Gasteiger partial charge in [-0.1, -0.05) is 121 Å². The van der Waals surface area contributed by atoms with E-state index in [2.05, 4.69) is 36.4 Å². The van der Waals surface area contributed by atoms with Crippen LogP contribution in [0.25, 0.3) is 10.8 Å². The number of esters is 1. The molecule has 1 aliphatic heterocycles. The predicted octanol–water partition coefficient (Wildman–Crippen LogP) is 6.87. The lowest BCUT2D eigenvalue weighted by molar-refractivity contribution is -0.144. The van der Waals surface area contributed by atoms with Crippen molar-refractivity contribution in [3.63, 3.8) is 0 Å². The van der Waals surface area contributed by atoms with E-state index < -0.39 is 26.8 Å². The van der Waals surface area contributed by atoms with Crippen molar-refractivity contribution in [1.29, 1.82) is 0 Å². The lowest BCUT2D eigenvalue weighted by atomic mass is 9.84. The number of fused-ring (bicyclic) bond motifs is 1. The molecule has 42 heavy (non-hydrogen) atoms. The lowest BCUT2D eigenvalue weighted by Crippen LogP contribution is -2.41. The number of methoxy groups -OCH3 is 1. The number of carbonyl (C=O) groups is 1. The minimum atomic E-state index is -4.00. The Hall–Kier alpha value is -3.91. The van der Waals surface area contributed by atoms with Gasteiger partial charge in [0.2, 0.25) is 10.0 Å². The molecule has 0 spiro atoms. The summed E-state index contributed by atoms with van der Waals surface area (Å²) >= 11 is 1.69. The smallest absolute Gasteiger partial charge is 0.324 e. The summed E-state index contributed by atoms with van der Waals surface area (Å²) in [6.07, 6.45) is 0.332. The van der Waals surface area contributed by atoms with Crippen LogP contribution >= 0.6 is 11.8 Å². The Bertz CT molecular complexity index is 1700. The molecule has 0 saturated carbocycles. The Morgan fingerprint density at radius 1 is 0.738 bits per heavy atom. The van der Waals surface area contributed by atoms with Crippen LogP contribution in [0.15, 0.2) is 138 Å². The summed E-state index contributed by atoms with van der Waals surface area (Å²) in [6, 6.07) is 42.7. The molecule has 0 aliphatic carbocycles. The highest BCUT2D eigenvalue weighted by molar-refractivity contribution is 8.01. The van der Waals surface area contributed by atoms with Gasteiger partial charge in [0, 0.05) is 11.8 Å². The fourth-order valence-electron chi connectivity index (χ4n) is 5.91. The molecule has 5 nitrogen and oxygen atoms in total. The molecule has 2 unspecified atom stereocenters. The van der Waals surface area contributed by atoms with Gasteiger partial charge in [0.15, 0.2) is 0 Å². The van der Waals surface area contributed by atoms with Gasteiger partial charge in [-0.3, -0.25) is 4.79 Å². The van der Waals surface area contributed by atoms with Gasteiger partial charge in [-0.2, -0.15) is 4.31 Å². The van der Waals surface area contributed by atoms with Gasteiger partial charge in [0.1, 0.15) is 6.04 Å². The molecular weight excluding hydrogens is 563 g/mol. The monoisotopic (exact) mass is 593 g/mol. The van der Waals surface area contributed by atoms with E-state index in [4.69, 9.17) is 4.74 Å². The summed E-state index contributed by atoms with van der Waals surface area (Å²) in [6.45, 7) is 0.174. The number of rotatable bonds is 8. The number of sulfonamides is 1. The molecule has 6 rings (SSSR count). The molecule has 0 amide bonds. The largest absolute Gasteiger partial charge is 0.468 e. The number of carbonyl (C=O) groups excluding carboxylic acids is 1. The number of hydrogen-bond acceptors (Lipinski definition) is 5. The molecule has 1 heterocycles. The van der Waals surface area contributed by atoms with E-state index in [0.29, 0.717) is 6.42 Å². The van der Waals surface area contributed by atoms with Crippen molar-refractivity contribution in [3.8, 4) is 0 Å². The quantitative estimate of drug-likeness (QED) is 0.145. The minimum absolute atomic E-state index is 0.168. The Morgan fingerprint density at radius 3 is 1.76 bits per heavy atom. The summed E-state index contributed by atoms with van der Waals surface area (Å²) in [5.41, 5.74) is 3.24. The number of thioether (sulfide) groups is 1. The molecule has 0 bridgehead atoms. The Labute approximate surface area is 251 Å². The molecule has 2 atom stereocenters. The Morgan fingerprint density at radius 2 is 1.24 bits per heavy atom. The second-order valence-electron chi connectivity index (χ2n) is 10.4. The van der Waals surface area contributed by atoms with Crippen molar-refractivity contribution in [1.82, 2.24) is 4.31 Å². The van der Waals surface area contributed by atoms with Crippen LogP contribution in [0.3, 0.4) is 0 Å². The summed E-state index contributed by atoms with van der Waals surface area (Å²) in [5.74, 6) is -0.549. The van der Waals surface area contributed by atoms with Crippen LogP contribution in [-0.2, 0) is 24.3 Å². The molecular formula is C35H31NO4S2. The number of benzene rings is 5. The molecule has 0 radical (unpaired) electrons. The van der Waals surface area contributed by atoms with E-state index in [1.54, 1.807) is 23.9 Å². The van der Waals surface area contributed by atoms with Gasteiger partial charge in [-0.25, -0.2) is 8.42 Å². The van der Waals surface area contributed by atoms with E-state index >= 15 is 0 Å². The molecule has 0 aromatic heterocycles. The third-order valence-electron chi connectivity index (χ3n) is 7.90. The molecule has 212 valence electrons. The van der Waals surface area contributed by atoms with Crippen LogP contribution in [0.4, 0.5) is 0 Å². The predicted molar refractivity (Wildman–Crippen MR) is 169 cm³/mol. The van der Waals surface area contributed by atoms with E-state index in [1.165, 1.54) is 11.4 Å². The number of nitrogens with zero attached hydrogens (tertiary/aromatic N) is 1. The van der Waals surface area contributed by atoms with Crippen molar-refractivity contribution in [3.05, 3.63) is 150 Å². The fraction of sp³-hybridized carbons (Fsp3) is 0.171. The van der Waals surface area contributed by atoms with E-state index in [0.717, 1.165) is 27.5 Å². The van der Waals surface area contributed by atoms with Gasteiger partial charge < -0.3 is 4.74 Å². The van der Waals surface area contributed by atoms with Gasteiger partial charge in [0.25, 0.3) is 0 Å². The van der Waals surface area contributed by atoms with Crippen molar-refractivity contribution < 1.29 is 17.9 Å². The molecule has 5 aromatic rings. The molecule has 7 heteroatoms. The van der Waals surface area contributed by atoms with Crippen molar-refractivity contribution in [2.45, 2.75) is 27.4 Å². The highest BCUT2D eigenvalue weighted by atomic mass is 32.2. The maximum absolute atomic E-state index is 14.1. The third-order valence-corrected chi connectivity index (χ3v) is 11.5. The summed E-state index contributed by atoms with van der Waals surface area (Å²) in [4.78, 5) is 13.3. The topological polar surface area (TPSA) is 63.7 Å². The van der Waals surface area contributed by atoms with Crippen LogP contribution in [-0.4, -0.2) is 43.6 Å². The Kier molecular flexibility index (Phi) is 7.90. The average molecular weight is 594 g/mol. The molecule has 0 N–H and O–H groups in total. The van der Waals surface area contributed by atoms with Gasteiger partial charge in [0.05, 0.1) is 16.8 Å². The SMILES string of the molecule is COC(=O)C1CC(SC(c2ccccc2)(c2ccccc2)c2ccccc2)CN1S(=O)(=O)c1ccc2ccccc2c1. The molecule has 1 fully saturated rings. The zero-order valence-electron chi connectivity index (χ0n) is 23.2. The van der Waals surface area contributed by atoms with Gasteiger partial charge in [-0.15, -0.1) is 11.8 Å². The third kappa shape index (κ3) is 5.13. The summed E-state index contributed by atoms with van der Waals surface area (Å²) < 4.78 is 34.1. The zero-order chi connectivity index (χ0) is 29.2.